The Morgan fingerprint density at radius 2 is 1.59 bits per heavy atom. The molecule has 0 bridgehead atoms. The van der Waals surface area contributed by atoms with E-state index < -0.39 is 21.7 Å². The molecule has 0 fully saturated rings. The number of nitro benzene ring substituents is 2. The van der Waals surface area contributed by atoms with E-state index >= 15 is 0 Å². The van der Waals surface area contributed by atoms with Gasteiger partial charge in [-0.15, -0.1) is 0 Å². The smallest absolute Gasteiger partial charge is 0.343 e. The van der Waals surface area contributed by atoms with E-state index in [4.69, 9.17) is 9.47 Å². The standard InChI is InChI=1S/C22H16N4O8/c1-33-20-11-14(13-23-24-21(27)15-6-8-17(9-7-15)25(29)30)5-10-19(20)34-22(28)16-3-2-4-18(12-16)26(31)32/h2-13H,1H3,(H,24,27). The number of rotatable bonds is 8. The summed E-state index contributed by atoms with van der Waals surface area (Å²) in [6, 6.07) is 14.6. The number of nitrogens with zero attached hydrogens (tertiary/aromatic N) is 3. The summed E-state index contributed by atoms with van der Waals surface area (Å²) in [6.07, 6.45) is 1.32. The quantitative estimate of drug-likeness (QED) is 0.174. The first kappa shape index (κ1) is 23.5. The minimum Gasteiger partial charge on any atom is -0.493 e. The average Bonchev–Trinajstić information content (AvgIpc) is 2.84. The average molecular weight is 464 g/mol. The van der Waals surface area contributed by atoms with Gasteiger partial charge >= 0.3 is 5.97 Å². The molecular formula is C22H16N4O8. The number of hydrogen-bond acceptors (Lipinski definition) is 9. The van der Waals surface area contributed by atoms with E-state index in [2.05, 4.69) is 10.5 Å². The van der Waals surface area contributed by atoms with Crippen molar-refractivity contribution in [3.05, 3.63) is 104 Å². The van der Waals surface area contributed by atoms with Crippen molar-refractivity contribution in [1.82, 2.24) is 5.43 Å². The first-order chi connectivity index (χ1) is 16.3. The molecule has 0 heterocycles. The van der Waals surface area contributed by atoms with Gasteiger partial charge in [-0.25, -0.2) is 10.2 Å². The van der Waals surface area contributed by atoms with Crippen LogP contribution in [0.25, 0.3) is 0 Å². The van der Waals surface area contributed by atoms with Crippen molar-refractivity contribution in [3.8, 4) is 11.5 Å². The van der Waals surface area contributed by atoms with Crippen molar-refractivity contribution >= 4 is 29.5 Å². The monoisotopic (exact) mass is 464 g/mol. The third-order valence-electron chi connectivity index (χ3n) is 4.40. The largest absolute Gasteiger partial charge is 0.493 e. The van der Waals surface area contributed by atoms with Gasteiger partial charge in [0.2, 0.25) is 0 Å². The van der Waals surface area contributed by atoms with Crippen molar-refractivity contribution in [2.75, 3.05) is 7.11 Å². The fraction of sp³-hybridized carbons (Fsp3) is 0.0455. The number of hydrazone groups is 1. The van der Waals surface area contributed by atoms with Gasteiger partial charge in [-0.2, -0.15) is 5.10 Å². The van der Waals surface area contributed by atoms with E-state index in [-0.39, 0.29) is 34.0 Å². The molecule has 0 aliphatic rings. The molecule has 3 rings (SSSR count). The Balaban J connectivity index is 1.67. The van der Waals surface area contributed by atoms with Crippen LogP contribution in [0.5, 0.6) is 11.5 Å². The number of amides is 1. The summed E-state index contributed by atoms with van der Waals surface area (Å²) in [4.78, 5) is 44.8. The Bertz CT molecular complexity index is 1290. The van der Waals surface area contributed by atoms with Crippen LogP contribution < -0.4 is 14.9 Å². The second-order valence-corrected chi connectivity index (χ2v) is 6.61. The van der Waals surface area contributed by atoms with Crippen molar-refractivity contribution in [3.63, 3.8) is 0 Å². The van der Waals surface area contributed by atoms with Gasteiger partial charge in [-0.1, -0.05) is 6.07 Å². The minimum atomic E-state index is -0.807. The third-order valence-corrected chi connectivity index (χ3v) is 4.40. The molecule has 0 radical (unpaired) electrons. The molecule has 3 aromatic carbocycles. The summed E-state index contributed by atoms with van der Waals surface area (Å²) >= 11 is 0. The van der Waals surface area contributed by atoms with Gasteiger partial charge in [0.1, 0.15) is 0 Å². The van der Waals surface area contributed by atoms with Gasteiger partial charge in [-0.05, 0) is 42.0 Å². The molecule has 0 aliphatic heterocycles. The fourth-order valence-corrected chi connectivity index (χ4v) is 2.72. The number of esters is 1. The summed E-state index contributed by atoms with van der Waals surface area (Å²) in [5.74, 6) is -1.12. The number of non-ortho nitro benzene ring substituents is 2. The molecule has 34 heavy (non-hydrogen) atoms. The number of hydrogen-bond donors (Lipinski definition) is 1. The summed E-state index contributed by atoms with van der Waals surface area (Å²) in [5, 5.41) is 25.4. The highest BCUT2D eigenvalue weighted by Crippen LogP contribution is 2.28. The number of carbonyl (C=O) groups excluding carboxylic acids is 2. The summed E-state index contributed by atoms with van der Waals surface area (Å²) in [5.41, 5.74) is 2.59. The van der Waals surface area contributed by atoms with E-state index in [1.165, 1.54) is 67.9 Å². The maximum Gasteiger partial charge on any atom is 0.343 e. The molecule has 12 heteroatoms. The Morgan fingerprint density at radius 3 is 2.24 bits per heavy atom. The zero-order valence-electron chi connectivity index (χ0n) is 17.5. The van der Waals surface area contributed by atoms with Crippen molar-refractivity contribution in [2.45, 2.75) is 0 Å². The number of nitrogens with one attached hydrogen (secondary N) is 1. The Kier molecular flexibility index (Phi) is 7.24. The van der Waals surface area contributed by atoms with Crippen molar-refractivity contribution < 1.29 is 28.9 Å². The number of ether oxygens (including phenoxy) is 2. The molecule has 0 spiro atoms. The molecule has 0 atom stereocenters. The maximum atomic E-state index is 12.4. The summed E-state index contributed by atoms with van der Waals surface area (Å²) < 4.78 is 10.5. The molecular weight excluding hydrogens is 448 g/mol. The van der Waals surface area contributed by atoms with Crippen LogP contribution in [0.1, 0.15) is 26.3 Å². The normalized spacial score (nSPS) is 10.5. The van der Waals surface area contributed by atoms with Gasteiger partial charge in [0.25, 0.3) is 17.3 Å². The highest BCUT2D eigenvalue weighted by molar-refractivity contribution is 5.95. The summed E-state index contributed by atoms with van der Waals surface area (Å²) in [7, 11) is 1.36. The molecule has 1 amide bonds. The lowest BCUT2D eigenvalue weighted by atomic mass is 10.2. The van der Waals surface area contributed by atoms with Crippen LogP contribution in [0.4, 0.5) is 11.4 Å². The predicted octanol–water partition coefficient (Wildman–Crippen LogP) is 3.49. The minimum absolute atomic E-state index is 0.00384. The van der Waals surface area contributed by atoms with Crippen LogP contribution in [0.15, 0.2) is 71.8 Å². The first-order valence-corrected chi connectivity index (χ1v) is 9.51. The van der Waals surface area contributed by atoms with Crippen LogP contribution in [0, 0.1) is 20.2 Å². The second-order valence-electron chi connectivity index (χ2n) is 6.61. The van der Waals surface area contributed by atoms with Gasteiger partial charge < -0.3 is 9.47 Å². The van der Waals surface area contributed by atoms with Gasteiger partial charge in [0.05, 0.1) is 28.7 Å². The van der Waals surface area contributed by atoms with Gasteiger partial charge in [0.15, 0.2) is 11.5 Å². The van der Waals surface area contributed by atoms with E-state index in [1.807, 2.05) is 0 Å². The molecule has 12 nitrogen and oxygen atoms in total. The van der Waals surface area contributed by atoms with E-state index in [9.17, 15) is 29.8 Å². The fourth-order valence-electron chi connectivity index (χ4n) is 2.72. The molecule has 0 unspecified atom stereocenters. The highest BCUT2D eigenvalue weighted by atomic mass is 16.6. The highest BCUT2D eigenvalue weighted by Gasteiger charge is 2.16. The molecule has 172 valence electrons. The zero-order chi connectivity index (χ0) is 24.7. The van der Waals surface area contributed by atoms with Crippen LogP contribution >= 0.6 is 0 Å². The van der Waals surface area contributed by atoms with Gasteiger partial charge in [0, 0.05) is 29.8 Å². The lowest BCUT2D eigenvalue weighted by Crippen LogP contribution is -2.17. The van der Waals surface area contributed by atoms with Crippen molar-refractivity contribution in [1.29, 1.82) is 0 Å². The SMILES string of the molecule is COc1cc(C=NNC(=O)c2ccc([N+](=O)[O-])cc2)ccc1OC(=O)c1cccc([N+](=O)[O-])c1. The molecule has 0 aliphatic carbocycles. The molecule has 1 N–H and O–H groups in total. The number of methoxy groups -OCH3 is 1. The summed E-state index contributed by atoms with van der Waals surface area (Å²) in [6.45, 7) is 0. The number of benzene rings is 3. The van der Waals surface area contributed by atoms with Crippen molar-refractivity contribution in [2.24, 2.45) is 5.10 Å². The maximum absolute atomic E-state index is 12.4. The molecule has 0 saturated carbocycles. The predicted molar refractivity (Wildman–Crippen MR) is 119 cm³/mol. The Labute approximate surface area is 191 Å². The van der Waals surface area contributed by atoms with Gasteiger partial charge in [-0.3, -0.25) is 25.0 Å². The number of nitro groups is 2. The lowest BCUT2D eigenvalue weighted by Gasteiger charge is -2.10. The Hall–Kier alpha value is -5.13. The lowest BCUT2D eigenvalue weighted by molar-refractivity contribution is -0.385. The number of carbonyl (C=O) groups is 2. The molecule has 3 aromatic rings. The van der Waals surface area contributed by atoms with Crippen LogP contribution in [-0.2, 0) is 0 Å². The van der Waals surface area contributed by atoms with E-state index in [0.29, 0.717) is 5.56 Å². The van der Waals surface area contributed by atoms with E-state index in [0.717, 1.165) is 6.07 Å². The van der Waals surface area contributed by atoms with Crippen LogP contribution in [0.2, 0.25) is 0 Å². The zero-order valence-corrected chi connectivity index (χ0v) is 17.5. The topological polar surface area (TPSA) is 163 Å². The molecule has 0 saturated heterocycles. The second kappa shape index (κ2) is 10.5. The first-order valence-electron chi connectivity index (χ1n) is 9.51. The van der Waals surface area contributed by atoms with E-state index in [1.54, 1.807) is 6.07 Å². The Morgan fingerprint density at radius 1 is 0.882 bits per heavy atom. The van der Waals surface area contributed by atoms with Crippen LogP contribution in [0.3, 0.4) is 0 Å². The van der Waals surface area contributed by atoms with Crippen LogP contribution in [-0.4, -0.2) is 35.0 Å². The molecule has 0 aromatic heterocycles. The third kappa shape index (κ3) is 5.76.